The van der Waals surface area contributed by atoms with Crippen LogP contribution in [0.3, 0.4) is 0 Å². The molecule has 0 radical (unpaired) electrons. The van der Waals surface area contributed by atoms with Crippen LogP contribution in [-0.4, -0.2) is 62.9 Å². The van der Waals surface area contributed by atoms with Crippen molar-refractivity contribution in [1.29, 1.82) is 0 Å². The third-order valence-corrected chi connectivity index (χ3v) is 7.02. The predicted molar refractivity (Wildman–Crippen MR) is 119 cm³/mol. The third-order valence-electron chi connectivity index (χ3n) is 7.02. The van der Waals surface area contributed by atoms with Gasteiger partial charge >= 0.3 is 6.03 Å². The van der Waals surface area contributed by atoms with Crippen molar-refractivity contribution < 1.29 is 23.2 Å². The number of imide groups is 1. The summed E-state index contributed by atoms with van der Waals surface area (Å²) in [5.41, 5.74) is 3.68. The number of benzene rings is 1. The minimum absolute atomic E-state index is 0.0612. The number of likely N-dealkylation sites (tertiary alicyclic amines) is 1. The number of nitrogens with one attached hydrogen (secondary N) is 2. The Labute approximate surface area is 198 Å². The van der Waals surface area contributed by atoms with Gasteiger partial charge in [-0.25, -0.2) is 23.1 Å². The Balaban J connectivity index is 1.22. The van der Waals surface area contributed by atoms with Gasteiger partial charge in [-0.2, -0.15) is 5.10 Å². The maximum atomic E-state index is 13.5. The molecule has 1 unspecified atom stereocenters. The summed E-state index contributed by atoms with van der Waals surface area (Å²) in [6.07, 6.45) is 3.94. The molecule has 1 aliphatic carbocycles. The molecule has 3 fully saturated rings. The number of halogens is 2. The number of carbonyl (C=O) groups is 3. The number of hydrogen-bond donors (Lipinski definition) is 2. The van der Waals surface area contributed by atoms with Crippen LogP contribution in [0, 0.1) is 0 Å². The molecule has 9 nitrogen and oxygen atoms in total. The number of urea groups is 1. The summed E-state index contributed by atoms with van der Waals surface area (Å²) in [5.74, 6) is -3.83. The highest BCUT2D eigenvalue weighted by Crippen LogP contribution is 2.55. The van der Waals surface area contributed by atoms with Crippen molar-refractivity contribution in [1.82, 2.24) is 30.1 Å². The maximum Gasteiger partial charge on any atom is 0.321 e. The fraction of sp³-hybridized carbons (Fsp3) is 0.375. The second kappa shape index (κ2) is 7.82. The minimum Gasteiger partial charge on any atom is -0.337 e. The topological polar surface area (TPSA) is 109 Å². The molecule has 3 aromatic rings. The second-order valence-electron chi connectivity index (χ2n) is 9.38. The van der Waals surface area contributed by atoms with E-state index in [0.29, 0.717) is 16.9 Å². The highest BCUT2D eigenvalue weighted by Gasteiger charge is 2.43. The molecule has 2 aromatic heterocycles. The maximum absolute atomic E-state index is 13.5. The summed E-state index contributed by atoms with van der Waals surface area (Å²) in [5, 5.41) is 9.44. The summed E-state index contributed by atoms with van der Waals surface area (Å²) < 4.78 is 28.6. The first kappa shape index (κ1) is 21.6. The molecule has 180 valence electrons. The van der Waals surface area contributed by atoms with Gasteiger partial charge in [0, 0.05) is 43.0 Å². The van der Waals surface area contributed by atoms with Crippen LogP contribution in [0.2, 0.25) is 0 Å². The molecule has 2 saturated heterocycles. The highest BCUT2D eigenvalue weighted by atomic mass is 19.3. The van der Waals surface area contributed by atoms with Crippen molar-refractivity contribution in [3.05, 3.63) is 65.1 Å². The van der Waals surface area contributed by atoms with Crippen LogP contribution >= 0.6 is 0 Å². The van der Waals surface area contributed by atoms with Gasteiger partial charge in [0.1, 0.15) is 0 Å². The normalized spacial score (nSPS) is 25.4. The van der Waals surface area contributed by atoms with Gasteiger partial charge in [-0.3, -0.25) is 14.9 Å². The van der Waals surface area contributed by atoms with E-state index in [2.05, 4.69) is 20.7 Å². The van der Waals surface area contributed by atoms with Gasteiger partial charge in [0.15, 0.2) is 5.65 Å². The Morgan fingerprint density at radius 2 is 1.94 bits per heavy atom. The average Bonchev–Trinajstić information content (AvgIpc) is 3.33. The molecule has 1 aromatic carbocycles. The smallest absolute Gasteiger partial charge is 0.321 e. The van der Waals surface area contributed by atoms with E-state index in [1.165, 1.54) is 4.90 Å². The lowest BCUT2D eigenvalue weighted by atomic mass is 9.98. The number of imidazole rings is 1. The van der Waals surface area contributed by atoms with Gasteiger partial charge in [-0.05, 0) is 42.0 Å². The van der Waals surface area contributed by atoms with Crippen LogP contribution in [-0.2, 0) is 4.79 Å². The summed E-state index contributed by atoms with van der Waals surface area (Å²) >= 11 is 0. The molecule has 35 heavy (non-hydrogen) atoms. The molecule has 3 aliphatic rings. The van der Waals surface area contributed by atoms with Gasteiger partial charge in [0.25, 0.3) is 11.8 Å². The number of aromatic nitrogens is 3. The predicted octanol–water partition coefficient (Wildman–Crippen LogP) is 2.40. The standard InChI is InChI=1S/C24H22F2N6O3/c25-24(26)5-7-31(12-24)22(34)14-3-1-13(2-4-14)15-9-16(15)17-10-19(30-32-8-6-27-20(17)32)18-11-28-23(35)29-21(18)33/h1-4,6,8,10,15-16,18H,5,7,9,11-12H2,(H2,28,29,33,35)/t15-,16+,18?/m1/s1. The largest absolute Gasteiger partial charge is 0.337 e. The quantitative estimate of drug-likeness (QED) is 0.596. The van der Waals surface area contributed by atoms with E-state index in [1.54, 1.807) is 29.0 Å². The molecule has 0 bridgehead atoms. The molecule has 4 amide bonds. The van der Waals surface area contributed by atoms with E-state index < -0.39 is 30.3 Å². The first-order chi connectivity index (χ1) is 16.8. The second-order valence-corrected chi connectivity index (χ2v) is 9.38. The van der Waals surface area contributed by atoms with Crippen LogP contribution in [0.15, 0.2) is 42.7 Å². The van der Waals surface area contributed by atoms with E-state index in [0.717, 1.165) is 17.5 Å². The van der Waals surface area contributed by atoms with Crippen LogP contribution < -0.4 is 10.6 Å². The zero-order valence-electron chi connectivity index (χ0n) is 18.6. The first-order valence-corrected chi connectivity index (χ1v) is 11.5. The number of rotatable bonds is 4. The lowest BCUT2D eigenvalue weighted by Gasteiger charge is -2.22. The van der Waals surface area contributed by atoms with Gasteiger partial charge < -0.3 is 10.2 Å². The summed E-state index contributed by atoms with van der Waals surface area (Å²) in [7, 11) is 0. The van der Waals surface area contributed by atoms with Crippen LogP contribution in [0.4, 0.5) is 13.6 Å². The summed E-state index contributed by atoms with van der Waals surface area (Å²) in [6, 6.07) is 8.52. The van der Waals surface area contributed by atoms with E-state index >= 15 is 0 Å². The Morgan fingerprint density at radius 3 is 2.66 bits per heavy atom. The Hall–Kier alpha value is -3.89. The number of nitrogens with zero attached hydrogens (tertiary/aromatic N) is 4. The van der Waals surface area contributed by atoms with E-state index in [-0.39, 0.29) is 37.3 Å². The van der Waals surface area contributed by atoms with Crippen molar-refractivity contribution in [2.45, 2.75) is 36.5 Å². The summed E-state index contributed by atoms with van der Waals surface area (Å²) in [4.78, 5) is 42.0. The fourth-order valence-corrected chi connectivity index (χ4v) is 5.05. The van der Waals surface area contributed by atoms with E-state index in [9.17, 15) is 23.2 Å². The molecule has 4 heterocycles. The van der Waals surface area contributed by atoms with Gasteiger partial charge in [0.2, 0.25) is 5.91 Å². The van der Waals surface area contributed by atoms with Crippen LogP contribution in [0.25, 0.3) is 5.65 Å². The molecular formula is C24H22F2N6O3. The van der Waals surface area contributed by atoms with E-state index in [1.807, 2.05) is 18.2 Å². The van der Waals surface area contributed by atoms with Crippen LogP contribution in [0.1, 0.15) is 57.8 Å². The monoisotopic (exact) mass is 480 g/mol. The number of hydrogen-bond acceptors (Lipinski definition) is 5. The van der Waals surface area contributed by atoms with Crippen LogP contribution in [0.5, 0.6) is 0 Å². The number of alkyl halides is 2. The minimum atomic E-state index is -2.82. The summed E-state index contributed by atoms with van der Waals surface area (Å²) in [6.45, 7) is -0.304. The van der Waals surface area contributed by atoms with Crippen molar-refractivity contribution in [3.8, 4) is 0 Å². The van der Waals surface area contributed by atoms with Crippen molar-refractivity contribution in [2.24, 2.45) is 0 Å². The fourth-order valence-electron chi connectivity index (χ4n) is 5.05. The zero-order chi connectivity index (χ0) is 24.3. The average molecular weight is 480 g/mol. The number of carbonyl (C=O) groups excluding carboxylic acids is 3. The van der Waals surface area contributed by atoms with Crippen molar-refractivity contribution in [2.75, 3.05) is 19.6 Å². The Morgan fingerprint density at radius 1 is 1.14 bits per heavy atom. The van der Waals surface area contributed by atoms with E-state index in [4.69, 9.17) is 0 Å². The molecule has 3 atom stereocenters. The number of fused-ring (bicyclic) bond motifs is 1. The molecule has 2 N–H and O–H groups in total. The van der Waals surface area contributed by atoms with Gasteiger partial charge in [-0.1, -0.05) is 12.1 Å². The molecule has 0 spiro atoms. The SMILES string of the molecule is O=C1NCC(c2cc([C@H]3C[C@@H]3c3ccc(C(=O)N4CCC(F)(F)C4)cc3)c3nccn3n2)C(=O)N1. The first-order valence-electron chi connectivity index (χ1n) is 11.5. The molecule has 11 heteroatoms. The van der Waals surface area contributed by atoms with Crippen molar-refractivity contribution in [3.63, 3.8) is 0 Å². The Bertz CT molecular complexity index is 1360. The van der Waals surface area contributed by atoms with Crippen molar-refractivity contribution >= 4 is 23.5 Å². The molecular weight excluding hydrogens is 458 g/mol. The Kier molecular flexibility index (Phi) is 4.83. The lowest BCUT2D eigenvalue weighted by Crippen LogP contribution is -2.51. The zero-order valence-corrected chi connectivity index (χ0v) is 18.6. The number of amides is 4. The third kappa shape index (κ3) is 3.90. The molecule has 2 aliphatic heterocycles. The van der Waals surface area contributed by atoms with Gasteiger partial charge in [0.05, 0.1) is 18.2 Å². The molecule has 1 saturated carbocycles. The molecule has 6 rings (SSSR count). The highest BCUT2D eigenvalue weighted by molar-refractivity contribution is 6.00. The lowest BCUT2D eigenvalue weighted by molar-refractivity contribution is -0.122. The van der Waals surface area contributed by atoms with Gasteiger partial charge in [-0.15, -0.1) is 0 Å².